The van der Waals surface area contributed by atoms with Crippen molar-refractivity contribution in [1.29, 1.82) is 0 Å². The summed E-state index contributed by atoms with van der Waals surface area (Å²) in [7, 11) is 0. The fourth-order valence-corrected chi connectivity index (χ4v) is 3.37. The number of nitrogens with zero attached hydrogens (tertiary/aromatic N) is 2. The van der Waals surface area contributed by atoms with Crippen LogP contribution in [0.4, 0.5) is 0 Å². The Kier molecular flexibility index (Phi) is 6.43. The van der Waals surface area contributed by atoms with Crippen LogP contribution in [0.3, 0.4) is 0 Å². The number of thioether (sulfide) groups is 1. The van der Waals surface area contributed by atoms with E-state index in [4.69, 9.17) is 16.6 Å². The molecule has 21 heavy (non-hydrogen) atoms. The molecule has 1 atom stereocenters. The molecule has 0 fully saturated rings. The van der Waals surface area contributed by atoms with Gasteiger partial charge in [-0.2, -0.15) is 11.8 Å². The van der Waals surface area contributed by atoms with Crippen molar-refractivity contribution in [3.05, 3.63) is 29.6 Å². The summed E-state index contributed by atoms with van der Waals surface area (Å²) in [6, 6.07) is 6.38. The van der Waals surface area contributed by atoms with Crippen LogP contribution in [0.1, 0.15) is 49.4 Å². The number of halogens is 1. The summed E-state index contributed by atoms with van der Waals surface area (Å²) < 4.78 is 2.31. The van der Waals surface area contributed by atoms with Crippen molar-refractivity contribution in [3.8, 4) is 0 Å². The molecule has 1 aromatic heterocycles. The van der Waals surface area contributed by atoms with Crippen molar-refractivity contribution in [1.82, 2.24) is 9.55 Å². The number of aryl methyl sites for hydroxylation is 2. The van der Waals surface area contributed by atoms with E-state index in [-0.39, 0.29) is 5.38 Å². The van der Waals surface area contributed by atoms with Gasteiger partial charge in [-0.15, -0.1) is 11.6 Å². The van der Waals surface area contributed by atoms with Gasteiger partial charge in [-0.05, 0) is 50.3 Å². The van der Waals surface area contributed by atoms with Gasteiger partial charge in [0.1, 0.15) is 5.82 Å². The van der Waals surface area contributed by atoms with E-state index < -0.39 is 0 Å². The number of rotatable bonds is 8. The highest BCUT2D eigenvalue weighted by Gasteiger charge is 2.15. The van der Waals surface area contributed by atoms with Gasteiger partial charge in [-0.3, -0.25) is 0 Å². The summed E-state index contributed by atoms with van der Waals surface area (Å²) in [5.41, 5.74) is 3.55. The highest BCUT2D eigenvalue weighted by atomic mass is 35.5. The first-order valence-electron chi connectivity index (χ1n) is 7.74. The first-order chi connectivity index (χ1) is 10.1. The Labute approximate surface area is 137 Å². The topological polar surface area (TPSA) is 17.8 Å². The number of unbranched alkanes of at least 4 members (excludes halogenated alkanes) is 3. The van der Waals surface area contributed by atoms with Crippen molar-refractivity contribution in [2.75, 3.05) is 12.0 Å². The van der Waals surface area contributed by atoms with Crippen molar-refractivity contribution in [2.24, 2.45) is 0 Å². The van der Waals surface area contributed by atoms with Crippen LogP contribution in [0.15, 0.2) is 18.2 Å². The molecule has 1 heterocycles. The van der Waals surface area contributed by atoms with Crippen LogP contribution in [0.25, 0.3) is 11.0 Å². The zero-order chi connectivity index (χ0) is 15.2. The second kappa shape index (κ2) is 8.09. The van der Waals surface area contributed by atoms with Gasteiger partial charge in [0, 0.05) is 6.54 Å². The van der Waals surface area contributed by atoms with Crippen molar-refractivity contribution < 1.29 is 0 Å². The number of fused-ring (bicyclic) bond motifs is 1. The summed E-state index contributed by atoms with van der Waals surface area (Å²) in [5.74, 6) is 2.28. The summed E-state index contributed by atoms with van der Waals surface area (Å²) in [6.07, 6.45) is 7.29. The van der Waals surface area contributed by atoms with Gasteiger partial charge in [0.25, 0.3) is 0 Å². The number of aromatic nitrogens is 2. The Morgan fingerprint density at radius 2 is 2.00 bits per heavy atom. The smallest absolute Gasteiger partial charge is 0.127 e. The monoisotopic (exact) mass is 324 g/mol. The Hall–Kier alpha value is -0.670. The molecule has 0 aliphatic heterocycles. The third-order valence-corrected chi connectivity index (χ3v) is 4.74. The van der Waals surface area contributed by atoms with Crippen LogP contribution in [-0.2, 0) is 6.54 Å². The lowest BCUT2D eigenvalue weighted by molar-refractivity contribution is 0.575. The lowest BCUT2D eigenvalue weighted by atomic mass is 10.2. The van der Waals surface area contributed by atoms with Crippen LogP contribution in [0.2, 0.25) is 0 Å². The van der Waals surface area contributed by atoms with E-state index in [1.807, 2.05) is 18.7 Å². The second-order valence-electron chi connectivity index (χ2n) is 5.59. The molecule has 0 N–H and O–H groups in total. The van der Waals surface area contributed by atoms with Crippen LogP contribution in [-0.4, -0.2) is 21.6 Å². The van der Waals surface area contributed by atoms with Gasteiger partial charge < -0.3 is 4.57 Å². The Morgan fingerprint density at radius 3 is 2.71 bits per heavy atom. The van der Waals surface area contributed by atoms with Crippen molar-refractivity contribution >= 4 is 34.4 Å². The zero-order valence-electron chi connectivity index (χ0n) is 13.2. The molecular formula is C17H25ClN2S. The average molecular weight is 325 g/mol. The van der Waals surface area contributed by atoms with E-state index >= 15 is 0 Å². The minimum atomic E-state index is -0.0479. The first kappa shape index (κ1) is 16.7. The average Bonchev–Trinajstić information content (AvgIpc) is 2.83. The largest absolute Gasteiger partial charge is 0.327 e. The van der Waals surface area contributed by atoms with Crippen LogP contribution in [0, 0.1) is 6.92 Å². The van der Waals surface area contributed by atoms with Gasteiger partial charge in [0.05, 0.1) is 16.4 Å². The molecule has 1 unspecified atom stereocenters. The summed E-state index contributed by atoms with van der Waals surface area (Å²) >= 11 is 8.26. The molecular weight excluding hydrogens is 300 g/mol. The fraction of sp³-hybridized carbons (Fsp3) is 0.588. The maximum atomic E-state index is 6.33. The summed E-state index contributed by atoms with van der Waals surface area (Å²) in [5, 5.41) is -0.0479. The fourth-order valence-electron chi connectivity index (χ4n) is 2.71. The predicted molar refractivity (Wildman–Crippen MR) is 95.6 cm³/mol. The molecule has 0 aliphatic rings. The zero-order valence-corrected chi connectivity index (χ0v) is 14.8. The number of hydrogen-bond donors (Lipinski definition) is 0. The lowest BCUT2D eigenvalue weighted by Crippen LogP contribution is -2.04. The van der Waals surface area contributed by atoms with E-state index in [2.05, 4.69) is 35.9 Å². The van der Waals surface area contributed by atoms with E-state index in [0.29, 0.717) is 0 Å². The lowest BCUT2D eigenvalue weighted by Gasteiger charge is -2.10. The van der Waals surface area contributed by atoms with Crippen molar-refractivity contribution in [3.63, 3.8) is 0 Å². The Bertz CT molecular complexity index is 577. The number of para-hydroxylation sites is 1. The quantitative estimate of drug-likeness (QED) is 0.467. The minimum Gasteiger partial charge on any atom is -0.327 e. The van der Waals surface area contributed by atoms with E-state index in [1.54, 1.807) is 0 Å². The van der Waals surface area contributed by atoms with Crippen LogP contribution < -0.4 is 0 Å². The van der Waals surface area contributed by atoms with Crippen LogP contribution >= 0.6 is 23.4 Å². The number of alkyl halides is 1. The summed E-state index contributed by atoms with van der Waals surface area (Å²) in [4.78, 5) is 4.77. The molecule has 0 saturated carbocycles. The number of imidazole rings is 1. The molecule has 0 saturated heterocycles. The van der Waals surface area contributed by atoms with Crippen LogP contribution in [0.5, 0.6) is 0 Å². The maximum absolute atomic E-state index is 6.33. The van der Waals surface area contributed by atoms with E-state index in [1.165, 1.54) is 42.5 Å². The molecule has 0 spiro atoms. The predicted octanol–water partition coefficient (Wildman–Crippen LogP) is 5.57. The van der Waals surface area contributed by atoms with Gasteiger partial charge in [0.15, 0.2) is 0 Å². The normalized spacial score (nSPS) is 13.0. The number of benzene rings is 1. The van der Waals surface area contributed by atoms with Gasteiger partial charge in [0.2, 0.25) is 0 Å². The molecule has 0 bridgehead atoms. The highest BCUT2D eigenvalue weighted by molar-refractivity contribution is 7.98. The second-order valence-corrected chi connectivity index (χ2v) is 7.23. The minimum absolute atomic E-state index is 0.0479. The maximum Gasteiger partial charge on any atom is 0.127 e. The molecule has 2 nitrogen and oxygen atoms in total. The highest BCUT2D eigenvalue weighted by Crippen LogP contribution is 2.26. The molecule has 0 aliphatic carbocycles. The Morgan fingerprint density at radius 1 is 1.24 bits per heavy atom. The number of hydrogen-bond acceptors (Lipinski definition) is 2. The van der Waals surface area contributed by atoms with Crippen molar-refractivity contribution in [2.45, 2.75) is 51.5 Å². The van der Waals surface area contributed by atoms with E-state index in [9.17, 15) is 0 Å². The third-order valence-electron chi connectivity index (χ3n) is 3.85. The SMILES string of the molecule is CSCCCCCCn1c(C(C)Cl)nc2c(C)cccc21. The van der Waals surface area contributed by atoms with Gasteiger partial charge >= 0.3 is 0 Å². The molecule has 0 radical (unpaired) electrons. The van der Waals surface area contributed by atoms with Gasteiger partial charge in [-0.1, -0.05) is 25.0 Å². The molecule has 116 valence electrons. The molecule has 2 rings (SSSR count). The van der Waals surface area contributed by atoms with Gasteiger partial charge in [-0.25, -0.2) is 4.98 Å². The molecule has 4 heteroatoms. The molecule has 1 aromatic carbocycles. The molecule has 2 aromatic rings. The summed E-state index contributed by atoms with van der Waals surface area (Å²) in [6.45, 7) is 5.14. The van der Waals surface area contributed by atoms with E-state index in [0.717, 1.165) is 17.9 Å². The standard InChI is InChI=1S/C17H25ClN2S/c1-13-9-8-10-15-16(13)19-17(14(2)18)20(15)11-6-4-5-7-12-21-3/h8-10,14H,4-7,11-12H2,1-3H3. The molecule has 0 amide bonds. The third kappa shape index (κ3) is 4.17. The first-order valence-corrected chi connectivity index (χ1v) is 9.57. The Balaban J connectivity index is 2.10.